The first-order valence-electron chi connectivity index (χ1n) is 6.44. The van der Waals surface area contributed by atoms with Gasteiger partial charge in [-0.15, -0.1) is 0 Å². The average molecular weight is 238 g/mol. The molecular weight excluding hydrogens is 215 g/mol. The third-order valence-corrected chi connectivity index (χ3v) is 2.82. The number of anilines is 2. The van der Waals surface area contributed by atoms with Crippen molar-refractivity contribution in [1.29, 1.82) is 0 Å². The van der Waals surface area contributed by atoms with E-state index in [0.717, 1.165) is 12.1 Å². The molecule has 3 N–H and O–H groups in total. The van der Waals surface area contributed by atoms with Gasteiger partial charge in [-0.2, -0.15) is 0 Å². The highest BCUT2D eigenvalue weighted by atomic mass is 19.1. The van der Waals surface area contributed by atoms with Gasteiger partial charge in [0.1, 0.15) is 5.82 Å². The number of hydrogen-bond acceptors (Lipinski definition) is 2. The zero-order chi connectivity index (χ0) is 12.7. The average Bonchev–Trinajstić information content (AvgIpc) is 2.23. The third-order valence-electron chi connectivity index (χ3n) is 2.82. The van der Waals surface area contributed by atoms with Crippen molar-refractivity contribution in [3.05, 3.63) is 24.0 Å². The van der Waals surface area contributed by atoms with Crippen LogP contribution in [-0.4, -0.2) is 6.04 Å². The molecule has 0 amide bonds. The standard InChI is InChI=1S/C14H23FN2/c1-3-4-5-6-7-11(2)17-14-9-12(15)8-13(16)10-14/h8-11,17H,3-7,16H2,1-2H3. The maximum Gasteiger partial charge on any atom is 0.127 e. The summed E-state index contributed by atoms with van der Waals surface area (Å²) in [4.78, 5) is 0. The molecule has 1 rings (SSSR count). The van der Waals surface area contributed by atoms with E-state index >= 15 is 0 Å². The van der Waals surface area contributed by atoms with Crippen LogP contribution in [0.1, 0.15) is 46.0 Å². The summed E-state index contributed by atoms with van der Waals surface area (Å²) >= 11 is 0. The Morgan fingerprint density at radius 2 is 2.00 bits per heavy atom. The molecule has 0 heterocycles. The Bertz CT molecular complexity index is 319. The van der Waals surface area contributed by atoms with E-state index in [1.807, 2.05) is 0 Å². The van der Waals surface area contributed by atoms with Gasteiger partial charge in [-0.05, 0) is 31.5 Å². The molecule has 3 heteroatoms. The first kappa shape index (κ1) is 13.8. The highest BCUT2D eigenvalue weighted by molar-refractivity contribution is 5.54. The van der Waals surface area contributed by atoms with Crippen LogP contribution >= 0.6 is 0 Å². The fraction of sp³-hybridized carbons (Fsp3) is 0.571. The molecule has 0 radical (unpaired) electrons. The molecule has 0 spiro atoms. The molecule has 1 aromatic carbocycles. The summed E-state index contributed by atoms with van der Waals surface area (Å²) in [5.41, 5.74) is 6.83. The Labute approximate surface area is 103 Å². The number of halogens is 1. The minimum absolute atomic E-state index is 0.286. The molecule has 0 aliphatic heterocycles. The first-order valence-corrected chi connectivity index (χ1v) is 6.44. The van der Waals surface area contributed by atoms with Gasteiger partial charge in [-0.1, -0.05) is 32.6 Å². The highest BCUT2D eigenvalue weighted by Crippen LogP contribution is 2.17. The van der Waals surface area contributed by atoms with Crippen LogP contribution in [0.2, 0.25) is 0 Å². The van der Waals surface area contributed by atoms with Crippen molar-refractivity contribution in [3.8, 4) is 0 Å². The number of rotatable bonds is 7. The zero-order valence-electron chi connectivity index (χ0n) is 10.8. The number of hydrogen-bond donors (Lipinski definition) is 2. The van der Waals surface area contributed by atoms with E-state index in [4.69, 9.17) is 5.73 Å². The fourth-order valence-electron chi connectivity index (χ4n) is 1.93. The predicted octanol–water partition coefficient (Wildman–Crippen LogP) is 4.18. The van der Waals surface area contributed by atoms with Gasteiger partial charge in [0.25, 0.3) is 0 Å². The maximum atomic E-state index is 13.1. The molecule has 96 valence electrons. The Kier molecular flexibility index (Phi) is 5.81. The van der Waals surface area contributed by atoms with Crippen molar-refractivity contribution in [2.24, 2.45) is 0 Å². The molecule has 0 aromatic heterocycles. The van der Waals surface area contributed by atoms with E-state index in [1.165, 1.54) is 37.8 Å². The molecule has 0 saturated carbocycles. The van der Waals surface area contributed by atoms with Crippen molar-refractivity contribution in [3.63, 3.8) is 0 Å². The van der Waals surface area contributed by atoms with Crippen molar-refractivity contribution in [2.45, 2.75) is 52.0 Å². The highest BCUT2D eigenvalue weighted by Gasteiger charge is 2.03. The van der Waals surface area contributed by atoms with Crippen molar-refractivity contribution >= 4 is 11.4 Å². The van der Waals surface area contributed by atoms with Crippen molar-refractivity contribution in [1.82, 2.24) is 0 Å². The second-order valence-electron chi connectivity index (χ2n) is 4.67. The largest absolute Gasteiger partial charge is 0.399 e. The molecular formula is C14H23FN2. The van der Waals surface area contributed by atoms with Crippen molar-refractivity contribution < 1.29 is 4.39 Å². The number of nitrogens with two attached hydrogens (primary N) is 1. The first-order chi connectivity index (χ1) is 8.11. The summed E-state index contributed by atoms with van der Waals surface area (Å²) in [5.74, 6) is -0.286. The van der Waals surface area contributed by atoms with Crippen LogP contribution in [-0.2, 0) is 0 Å². The second-order valence-corrected chi connectivity index (χ2v) is 4.67. The SMILES string of the molecule is CCCCCCC(C)Nc1cc(N)cc(F)c1. The zero-order valence-corrected chi connectivity index (χ0v) is 10.8. The Morgan fingerprint density at radius 3 is 2.65 bits per heavy atom. The van der Waals surface area contributed by atoms with E-state index in [1.54, 1.807) is 6.07 Å². The minimum atomic E-state index is -0.286. The van der Waals surface area contributed by atoms with E-state index in [9.17, 15) is 4.39 Å². The molecule has 0 bridgehead atoms. The molecule has 2 nitrogen and oxygen atoms in total. The van der Waals surface area contributed by atoms with Crippen LogP contribution in [0.4, 0.5) is 15.8 Å². The van der Waals surface area contributed by atoms with Crippen LogP contribution in [0.25, 0.3) is 0 Å². The Morgan fingerprint density at radius 1 is 1.24 bits per heavy atom. The van der Waals surface area contributed by atoms with E-state index in [0.29, 0.717) is 11.7 Å². The van der Waals surface area contributed by atoms with Gasteiger partial charge >= 0.3 is 0 Å². The lowest BCUT2D eigenvalue weighted by Crippen LogP contribution is -2.15. The summed E-state index contributed by atoms with van der Waals surface area (Å²) in [5, 5.41) is 3.28. The van der Waals surface area contributed by atoms with Crippen LogP contribution < -0.4 is 11.1 Å². The third kappa shape index (κ3) is 5.57. The molecule has 1 atom stereocenters. The van der Waals surface area contributed by atoms with Crippen LogP contribution in [0.5, 0.6) is 0 Å². The Hall–Kier alpha value is -1.25. The number of nitrogens with one attached hydrogen (secondary N) is 1. The lowest BCUT2D eigenvalue weighted by atomic mass is 10.1. The second kappa shape index (κ2) is 7.15. The number of benzene rings is 1. The molecule has 0 saturated heterocycles. The smallest absolute Gasteiger partial charge is 0.127 e. The topological polar surface area (TPSA) is 38.0 Å². The number of nitrogen functional groups attached to an aromatic ring is 1. The lowest BCUT2D eigenvalue weighted by Gasteiger charge is -2.15. The summed E-state index contributed by atoms with van der Waals surface area (Å²) in [7, 11) is 0. The molecule has 0 fully saturated rings. The fourth-order valence-corrected chi connectivity index (χ4v) is 1.93. The molecule has 1 unspecified atom stereocenters. The van der Waals surface area contributed by atoms with Gasteiger partial charge in [0, 0.05) is 17.4 Å². The summed E-state index contributed by atoms with van der Waals surface area (Å²) < 4.78 is 13.1. The van der Waals surface area contributed by atoms with Gasteiger partial charge in [0.2, 0.25) is 0 Å². The Balaban J connectivity index is 2.36. The van der Waals surface area contributed by atoms with Gasteiger partial charge in [-0.25, -0.2) is 4.39 Å². The van der Waals surface area contributed by atoms with E-state index < -0.39 is 0 Å². The quantitative estimate of drug-likeness (QED) is 0.552. The monoisotopic (exact) mass is 238 g/mol. The number of unbranched alkanes of at least 4 members (excludes halogenated alkanes) is 3. The summed E-state index contributed by atoms with van der Waals surface area (Å²) in [6.07, 6.45) is 6.14. The van der Waals surface area contributed by atoms with Crippen LogP contribution in [0.3, 0.4) is 0 Å². The van der Waals surface area contributed by atoms with Gasteiger partial charge in [-0.3, -0.25) is 0 Å². The lowest BCUT2D eigenvalue weighted by molar-refractivity contribution is 0.593. The van der Waals surface area contributed by atoms with Crippen LogP contribution in [0, 0.1) is 5.82 Å². The normalized spacial score (nSPS) is 12.4. The molecule has 1 aromatic rings. The van der Waals surface area contributed by atoms with Gasteiger partial charge in [0.05, 0.1) is 0 Å². The summed E-state index contributed by atoms with van der Waals surface area (Å²) in [6, 6.07) is 4.94. The molecule has 17 heavy (non-hydrogen) atoms. The van der Waals surface area contributed by atoms with E-state index in [-0.39, 0.29) is 5.82 Å². The van der Waals surface area contributed by atoms with Crippen molar-refractivity contribution in [2.75, 3.05) is 11.1 Å². The van der Waals surface area contributed by atoms with Crippen LogP contribution in [0.15, 0.2) is 18.2 Å². The van der Waals surface area contributed by atoms with Gasteiger partial charge in [0.15, 0.2) is 0 Å². The summed E-state index contributed by atoms with van der Waals surface area (Å²) in [6.45, 7) is 4.32. The maximum absolute atomic E-state index is 13.1. The predicted molar refractivity (Wildman–Crippen MR) is 72.7 cm³/mol. The van der Waals surface area contributed by atoms with Gasteiger partial charge < -0.3 is 11.1 Å². The molecule has 0 aliphatic rings. The molecule has 0 aliphatic carbocycles. The minimum Gasteiger partial charge on any atom is -0.399 e. The van der Waals surface area contributed by atoms with E-state index in [2.05, 4.69) is 19.2 Å².